The summed E-state index contributed by atoms with van der Waals surface area (Å²) in [6.45, 7) is 4.48. The number of nitrogens with one attached hydrogen (secondary N) is 1. The van der Waals surface area contributed by atoms with Crippen LogP contribution in [0.25, 0.3) is 0 Å². The number of carbonyl (C=O) groups is 1. The molecular formula is C16H19NO2. The quantitative estimate of drug-likeness (QED) is 0.797. The van der Waals surface area contributed by atoms with E-state index in [1.165, 1.54) is 0 Å². The van der Waals surface area contributed by atoms with E-state index in [0.29, 0.717) is 29.4 Å². The highest BCUT2D eigenvalue weighted by Crippen LogP contribution is 2.46. The van der Waals surface area contributed by atoms with Gasteiger partial charge in [-0.05, 0) is 42.0 Å². The van der Waals surface area contributed by atoms with Gasteiger partial charge in [0.25, 0.3) is 0 Å². The fraction of sp³-hybridized carbons (Fsp3) is 0.438. The van der Waals surface area contributed by atoms with Crippen molar-refractivity contribution in [2.75, 3.05) is 5.32 Å². The Morgan fingerprint density at radius 2 is 2.21 bits per heavy atom. The van der Waals surface area contributed by atoms with Crippen LogP contribution in [0.2, 0.25) is 0 Å². The van der Waals surface area contributed by atoms with Crippen molar-refractivity contribution in [3.63, 3.8) is 0 Å². The smallest absolute Gasteiger partial charge is 0.335 e. The summed E-state index contributed by atoms with van der Waals surface area (Å²) in [6.07, 6.45) is 5.55. The van der Waals surface area contributed by atoms with Crippen LogP contribution in [0.1, 0.15) is 42.1 Å². The number of carboxylic acids is 1. The van der Waals surface area contributed by atoms with Crippen molar-refractivity contribution >= 4 is 11.7 Å². The topological polar surface area (TPSA) is 49.3 Å². The largest absolute Gasteiger partial charge is 0.478 e. The standard InChI is InChI=1S/C16H19NO2/c1-9(2)15-12-5-3-4-11(12)13-8-10(16(18)19)6-7-14(13)17-15/h3-4,6-9,11-12,15,17H,5H2,1-2H3,(H,18,19)/t11-,12-,15-/m0/s1. The highest BCUT2D eigenvalue weighted by Gasteiger charge is 2.38. The van der Waals surface area contributed by atoms with Crippen LogP contribution in [0.3, 0.4) is 0 Å². The molecule has 0 fully saturated rings. The van der Waals surface area contributed by atoms with Gasteiger partial charge < -0.3 is 10.4 Å². The van der Waals surface area contributed by atoms with E-state index in [-0.39, 0.29) is 0 Å². The summed E-state index contributed by atoms with van der Waals surface area (Å²) in [5.41, 5.74) is 2.61. The lowest BCUT2D eigenvalue weighted by molar-refractivity contribution is 0.0696. The van der Waals surface area contributed by atoms with Gasteiger partial charge in [-0.15, -0.1) is 0 Å². The molecule has 0 aromatic heterocycles. The third-order valence-electron chi connectivity index (χ3n) is 4.37. The number of hydrogen-bond acceptors (Lipinski definition) is 2. The Morgan fingerprint density at radius 1 is 1.42 bits per heavy atom. The zero-order valence-corrected chi connectivity index (χ0v) is 11.3. The monoisotopic (exact) mass is 257 g/mol. The number of benzene rings is 1. The first-order valence-corrected chi connectivity index (χ1v) is 6.88. The van der Waals surface area contributed by atoms with Crippen molar-refractivity contribution in [3.05, 3.63) is 41.5 Å². The van der Waals surface area contributed by atoms with E-state index < -0.39 is 5.97 Å². The molecule has 1 heterocycles. The van der Waals surface area contributed by atoms with Gasteiger partial charge in [-0.1, -0.05) is 26.0 Å². The fourth-order valence-electron chi connectivity index (χ4n) is 3.43. The maximum atomic E-state index is 11.1. The molecule has 3 heteroatoms. The third kappa shape index (κ3) is 1.93. The second-order valence-electron chi connectivity index (χ2n) is 5.87. The molecule has 100 valence electrons. The van der Waals surface area contributed by atoms with E-state index in [0.717, 1.165) is 17.7 Å². The summed E-state index contributed by atoms with van der Waals surface area (Å²) in [7, 11) is 0. The van der Waals surface area contributed by atoms with Crippen molar-refractivity contribution in [1.29, 1.82) is 0 Å². The predicted octanol–water partition coefficient (Wildman–Crippen LogP) is 3.49. The maximum absolute atomic E-state index is 11.1. The molecule has 0 bridgehead atoms. The molecule has 3 nitrogen and oxygen atoms in total. The van der Waals surface area contributed by atoms with Crippen molar-refractivity contribution in [1.82, 2.24) is 0 Å². The molecular weight excluding hydrogens is 238 g/mol. The molecule has 0 unspecified atom stereocenters. The Labute approximate surface area is 113 Å². The lowest BCUT2D eigenvalue weighted by Crippen LogP contribution is -2.39. The van der Waals surface area contributed by atoms with Crippen LogP contribution in [0, 0.1) is 11.8 Å². The summed E-state index contributed by atoms with van der Waals surface area (Å²) in [5, 5.41) is 12.7. The summed E-state index contributed by atoms with van der Waals surface area (Å²) in [6, 6.07) is 5.89. The number of fused-ring (bicyclic) bond motifs is 3. The van der Waals surface area contributed by atoms with Crippen LogP contribution < -0.4 is 5.32 Å². The summed E-state index contributed by atoms with van der Waals surface area (Å²) < 4.78 is 0. The molecule has 3 atom stereocenters. The normalized spacial score (nSPS) is 27.8. The van der Waals surface area contributed by atoms with E-state index in [4.69, 9.17) is 5.11 Å². The average molecular weight is 257 g/mol. The Kier molecular flexibility index (Phi) is 2.85. The van der Waals surface area contributed by atoms with Crippen LogP contribution in [0.4, 0.5) is 5.69 Å². The van der Waals surface area contributed by atoms with Gasteiger partial charge in [0, 0.05) is 17.6 Å². The number of anilines is 1. The fourth-order valence-corrected chi connectivity index (χ4v) is 3.43. The van der Waals surface area contributed by atoms with Crippen LogP contribution in [-0.2, 0) is 0 Å². The lowest BCUT2D eigenvalue weighted by atomic mass is 9.75. The van der Waals surface area contributed by atoms with Gasteiger partial charge in [0.2, 0.25) is 0 Å². The molecule has 1 aromatic carbocycles. The van der Waals surface area contributed by atoms with Crippen LogP contribution in [-0.4, -0.2) is 17.1 Å². The van der Waals surface area contributed by atoms with Crippen molar-refractivity contribution in [2.45, 2.75) is 32.2 Å². The van der Waals surface area contributed by atoms with Gasteiger partial charge in [-0.3, -0.25) is 0 Å². The number of aromatic carboxylic acids is 1. The van der Waals surface area contributed by atoms with Crippen LogP contribution in [0.15, 0.2) is 30.4 Å². The molecule has 3 rings (SSSR count). The van der Waals surface area contributed by atoms with Crippen LogP contribution in [0.5, 0.6) is 0 Å². The van der Waals surface area contributed by atoms with Crippen molar-refractivity contribution < 1.29 is 9.90 Å². The first-order valence-electron chi connectivity index (χ1n) is 6.88. The maximum Gasteiger partial charge on any atom is 0.335 e. The zero-order valence-electron chi connectivity index (χ0n) is 11.3. The minimum atomic E-state index is -0.854. The molecule has 0 amide bonds. The molecule has 2 N–H and O–H groups in total. The molecule has 2 aliphatic rings. The van der Waals surface area contributed by atoms with E-state index >= 15 is 0 Å². The molecule has 1 aliphatic carbocycles. The van der Waals surface area contributed by atoms with Gasteiger partial charge in [-0.25, -0.2) is 4.79 Å². The SMILES string of the molecule is CC(C)[C@@H]1Nc2ccc(C(=O)O)cc2[C@H]2C=CC[C@@H]21. The number of allylic oxidation sites excluding steroid dienone is 2. The Hall–Kier alpha value is -1.77. The third-order valence-corrected chi connectivity index (χ3v) is 4.37. The number of hydrogen-bond donors (Lipinski definition) is 2. The summed E-state index contributed by atoms with van der Waals surface area (Å²) in [5.74, 6) is 0.631. The van der Waals surface area contributed by atoms with E-state index in [1.54, 1.807) is 6.07 Å². The molecule has 0 saturated carbocycles. The number of rotatable bonds is 2. The Morgan fingerprint density at radius 3 is 2.89 bits per heavy atom. The van der Waals surface area contributed by atoms with Gasteiger partial charge in [0.05, 0.1) is 5.56 Å². The predicted molar refractivity (Wildman–Crippen MR) is 75.6 cm³/mol. The van der Waals surface area contributed by atoms with Crippen LogP contribution >= 0.6 is 0 Å². The van der Waals surface area contributed by atoms with Gasteiger partial charge in [0.15, 0.2) is 0 Å². The van der Waals surface area contributed by atoms with Crippen molar-refractivity contribution in [3.8, 4) is 0 Å². The molecule has 1 aromatic rings. The summed E-state index contributed by atoms with van der Waals surface area (Å²) in [4.78, 5) is 11.1. The Balaban J connectivity index is 2.05. The lowest BCUT2D eigenvalue weighted by Gasteiger charge is -2.39. The van der Waals surface area contributed by atoms with Gasteiger partial charge in [0.1, 0.15) is 0 Å². The zero-order chi connectivity index (χ0) is 13.6. The van der Waals surface area contributed by atoms with E-state index in [1.807, 2.05) is 12.1 Å². The van der Waals surface area contributed by atoms with E-state index in [9.17, 15) is 4.79 Å². The average Bonchev–Trinajstić information content (AvgIpc) is 2.86. The second-order valence-corrected chi connectivity index (χ2v) is 5.87. The number of carboxylic acid groups (broad SMARTS) is 1. The molecule has 0 radical (unpaired) electrons. The molecule has 0 saturated heterocycles. The first kappa shape index (κ1) is 12.3. The van der Waals surface area contributed by atoms with Crippen molar-refractivity contribution in [2.24, 2.45) is 11.8 Å². The van der Waals surface area contributed by atoms with E-state index in [2.05, 4.69) is 31.3 Å². The summed E-state index contributed by atoms with van der Waals surface area (Å²) >= 11 is 0. The molecule has 19 heavy (non-hydrogen) atoms. The first-order chi connectivity index (χ1) is 9.08. The molecule has 1 aliphatic heterocycles. The highest BCUT2D eigenvalue weighted by atomic mass is 16.4. The minimum absolute atomic E-state index is 0.364. The molecule has 0 spiro atoms. The highest BCUT2D eigenvalue weighted by molar-refractivity contribution is 5.88. The second kappa shape index (κ2) is 4.41. The Bertz CT molecular complexity index is 548. The van der Waals surface area contributed by atoms with Gasteiger partial charge >= 0.3 is 5.97 Å². The minimum Gasteiger partial charge on any atom is -0.478 e. The van der Waals surface area contributed by atoms with Gasteiger partial charge in [-0.2, -0.15) is 0 Å².